The number of aliphatic hydroxyl groups excluding tert-OH is 1. The normalized spacial score (nSPS) is 20.8. The van der Waals surface area contributed by atoms with Crippen LogP contribution in [-0.2, 0) is 6.54 Å². The van der Waals surface area contributed by atoms with Crippen LogP contribution in [0.3, 0.4) is 0 Å². The van der Waals surface area contributed by atoms with Gasteiger partial charge in [0.05, 0.1) is 12.3 Å². The quantitative estimate of drug-likeness (QED) is 0.797. The standard InChI is InChI=1S/C13H19N3OS/c14-13(18)12-7-10(4-5-15-12)8-16-6-2-1-3-11(16)9-17/h4-5,7,11,17H,1-3,6,8-9H2,(H2,14,18). The molecule has 0 saturated carbocycles. The van der Waals surface area contributed by atoms with Crippen LogP contribution in [0, 0.1) is 0 Å². The molecule has 1 aliphatic rings. The van der Waals surface area contributed by atoms with E-state index in [4.69, 9.17) is 18.0 Å². The fraction of sp³-hybridized carbons (Fsp3) is 0.538. The Morgan fingerprint density at radius 1 is 1.56 bits per heavy atom. The lowest BCUT2D eigenvalue weighted by molar-refractivity contribution is 0.0841. The van der Waals surface area contributed by atoms with Gasteiger partial charge in [0.1, 0.15) is 4.99 Å². The fourth-order valence-corrected chi connectivity index (χ4v) is 2.53. The zero-order valence-corrected chi connectivity index (χ0v) is 11.2. The summed E-state index contributed by atoms with van der Waals surface area (Å²) in [5.74, 6) is 0. The summed E-state index contributed by atoms with van der Waals surface area (Å²) < 4.78 is 0. The van der Waals surface area contributed by atoms with Crippen LogP contribution < -0.4 is 5.73 Å². The molecular weight excluding hydrogens is 246 g/mol. The van der Waals surface area contributed by atoms with Crippen LogP contribution in [-0.4, -0.2) is 39.2 Å². The number of pyridine rings is 1. The number of likely N-dealkylation sites (tertiary alicyclic amines) is 1. The van der Waals surface area contributed by atoms with Crippen LogP contribution in [0.4, 0.5) is 0 Å². The summed E-state index contributed by atoms with van der Waals surface area (Å²) in [4.78, 5) is 6.79. The molecule has 0 aromatic carbocycles. The molecule has 18 heavy (non-hydrogen) atoms. The molecule has 0 amide bonds. The van der Waals surface area contributed by atoms with Crippen molar-refractivity contribution in [2.24, 2.45) is 5.73 Å². The fourth-order valence-electron chi connectivity index (χ4n) is 2.42. The second kappa shape index (κ2) is 6.22. The first-order chi connectivity index (χ1) is 8.70. The molecule has 0 bridgehead atoms. The van der Waals surface area contributed by atoms with Crippen molar-refractivity contribution < 1.29 is 5.11 Å². The van der Waals surface area contributed by atoms with E-state index in [1.54, 1.807) is 6.20 Å². The smallest absolute Gasteiger partial charge is 0.122 e. The third-order valence-electron chi connectivity index (χ3n) is 3.42. The maximum atomic E-state index is 9.39. The molecule has 1 saturated heterocycles. The van der Waals surface area contributed by atoms with Gasteiger partial charge in [0.2, 0.25) is 0 Å². The molecule has 1 aromatic rings. The van der Waals surface area contributed by atoms with E-state index in [1.165, 1.54) is 12.8 Å². The van der Waals surface area contributed by atoms with E-state index in [0.717, 1.165) is 25.1 Å². The highest BCUT2D eigenvalue weighted by Gasteiger charge is 2.21. The largest absolute Gasteiger partial charge is 0.395 e. The highest BCUT2D eigenvalue weighted by Crippen LogP contribution is 2.19. The number of rotatable bonds is 4. The van der Waals surface area contributed by atoms with Crippen molar-refractivity contribution in [1.82, 2.24) is 9.88 Å². The van der Waals surface area contributed by atoms with Crippen molar-refractivity contribution in [3.63, 3.8) is 0 Å². The Kier molecular flexibility index (Phi) is 4.63. The average molecular weight is 265 g/mol. The molecule has 5 heteroatoms. The summed E-state index contributed by atoms with van der Waals surface area (Å²) in [6, 6.07) is 4.19. The summed E-state index contributed by atoms with van der Waals surface area (Å²) >= 11 is 4.93. The van der Waals surface area contributed by atoms with Gasteiger partial charge >= 0.3 is 0 Å². The van der Waals surface area contributed by atoms with Gasteiger partial charge in [-0.1, -0.05) is 18.6 Å². The van der Waals surface area contributed by atoms with Gasteiger partial charge in [-0.2, -0.15) is 0 Å². The number of piperidine rings is 1. The third-order valence-corrected chi connectivity index (χ3v) is 3.63. The van der Waals surface area contributed by atoms with E-state index in [1.807, 2.05) is 12.1 Å². The molecule has 4 nitrogen and oxygen atoms in total. The van der Waals surface area contributed by atoms with Gasteiger partial charge in [-0.3, -0.25) is 9.88 Å². The van der Waals surface area contributed by atoms with Gasteiger partial charge in [0.15, 0.2) is 0 Å². The number of aromatic nitrogens is 1. The van der Waals surface area contributed by atoms with E-state index in [0.29, 0.717) is 10.7 Å². The third kappa shape index (κ3) is 3.25. The Balaban J connectivity index is 2.07. The number of aliphatic hydroxyl groups is 1. The maximum absolute atomic E-state index is 9.39. The Morgan fingerprint density at radius 3 is 3.11 bits per heavy atom. The van der Waals surface area contributed by atoms with Crippen molar-refractivity contribution >= 4 is 17.2 Å². The van der Waals surface area contributed by atoms with Crippen LogP contribution in [0.1, 0.15) is 30.5 Å². The number of nitrogens with zero attached hydrogens (tertiary/aromatic N) is 2. The molecule has 1 fully saturated rings. The van der Waals surface area contributed by atoms with Crippen molar-refractivity contribution in [3.8, 4) is 0 Å². The van der Waals surface area contributed by atoms with Gasteiger partial charge < -0.3 is 10.8 Å². The summed E-state index contributed by atoms with van der Waals surface area (Å²) in [5, 5.41) is 9.39. The van der Waals surface area contributed by atoms with Crippen LogP contribution >= 0.6 is 12.2 Å². The Labute approximate surface area is 113 Å². The van der Waals surface area contributed by atoms with E-state index < -0.39 is 0 Å². The Morgan fingerprint density at radius 2 is 2.39 bits per heavy atom. The van der Waals surface area contributed by atoms with Crippen LogP contribution in [0.25, 0.3) is 0 Å². The molecule has 1 atom stereocenters. The number of hydrogen-bond acceptors (Lipinski definition) is 4. The highest BCUT2D eigenvalue weighted by molar-refractivity contribution is 7.80. The first-order valence-electron chi connectivity index (χ1n) is 6.30. The molecule has 1 unspecified atom stereocenters. The molecule has 3 N–H and O–H groups in total. The minimum atomic E-state index is 0.229. The van der Waals surface area contributed by atoms with Gasteiger partial charge in [-0.05, 0) is 37.1 Å². The van der Waals surface area contributed by atoms with E-state index in [-0.39, 0.29) is 12.6 Å². The van der Waals surface area contributed by atoms with Crippen molar-refractivity contribution in [2.75, 3.05) is 13.2 Å². The zero-order chi connectivity index (χ0) is 13.0. The van der Waals surface area contributed by atoms with Gasteiger partial charge in [-0.15, -0.1) is 0 Å². The molecule has 0 spiro atoms. The van der Waals surface area contributed by atoms with Crippen molar-refractivity contribution in [2.45, 2.75) is 31.8 Å². The van der Waals surface area contributed by atoms with E-state index >= 15 is 0 Å². The minimum absolute atomic E-state index is 0.229. The van der Waals surface area contributed by atoms with Crippen molar-refractivity contribution in [1.29, 1.82) is 0 Å². The first kappa shape index (κ1) is 13.4. The average Bonchev–Trinajstić information content (AvgIpc) is 2.39. The molecule has 98 valence electrons. The van der Waals surface area contributed by atoms with Crippen molar-refractivity contribution in [3.05, 3.63) is 29.6 Å². The Bertz CT molecular complexity index is 424. The summed E-state index contributed by atoms with van der Waals surface area (Å²) in [6.45, 7) is 2.09. The maximum Gasteiger partial charge on any atom is 0.122 e. The molecule has 0 aliphatic carbocycles. The van der Waals surface area contributed by atoms with Crippen LogP contribution in [0.5, 0.6) is 0 Å². The molecule has 1 aromatic heterocycles. The molecule has 1 aliphatic heterocycles. The second-order valence-corrected chi connectivity index (χ2v) is 5.16. The van der Waals surface area contributed by atoms with Gasteiger partial charge in [-0.25, -0.2) is 0 Å². The number of nitrogens with two attached hydrogens (primary N) is 1. The molecular formula is C13H19N3OS. The lowest BCUT2D eigenvalue weighted by Crippen LogP contribution is -2.41. The minimum Gasteiger partial charge on any atom is -0.395 e. The first-order valence-corrected chi connectivity index (χ1v) is 6.71. The zero-order valence-electron chi connectivity index (χ0n) is 10.4. The highest BCUT2D eigenvalue weighted by atomic mass is 32.1. The lowest BCUT2D eigenvalue weighted by Gasteiger charge is -2.34. The number of thiocarbonyl (C=S) groups is 1. The van der Waals surface area contributed by atoms with Crippen LogP contribution in [0.2, 0.25) is 0 Å². The lowest BCUT2D eigenvalue weighted by atomic mass is 10.0. The molecule has 2 heterocycles. The van der Waals surface area contributed by atoms with E-state index in [9.17, 15) is 5.11 Å². The number of hydrogen-bond donors (Lipinski definition) is 2. The predicted molar refractivity (Wildman–Crippen MR) is 75.3 cm³/mol. The molecule has 2 rings (SSSR count). The van der Waals surface area contributed by atoms with Gasteiger partial charge in [0.25, 0.3) is 0 Å². The van der Waals surface area contributed by atoms with Crippen LogP contribution in [0.15, 0.2) is 18.3 Å². The topological polar surface area (TPSA) is 62.4 Å². The SMILES string of the molecule is NC(=S)c1cc(CN2CCCCC2CO)ccn1. The Hall–Kier alpha value is -1.04. The monoisotopic (exact) mass is 265 g/mol. The summed E-state index contributed by atoms with van der Waals surface area (Å²) in [6.07, 6.45) is 5.21. The van der Waals surface area contributed by atoms with E-state index in [2.05, 4.69) is 9.88 Å². The molecule has 0 radical (unpaired) electrons. The second-order valence-electron chi connectivity index (χ2n) is 4.72. The van der Waals surface area contributed by atoms with Gasteiger partial charge in [0, 0.05) is 18.8 Å². The predicted octanol–water partition coefficient (Wildman–Crippen LogP) is 1.06. The summed E-state index contributed by atoms with van der Waals surface area (Å²) in [7, 11) is 0. The summed E-state index contributed by atoms with van der Waals surface area (Å²) in [5.41, 5.74) is 7.40.